The molecule has 0 radical (unpaired) electrons. The summed E-state index contributed by atoms with van der Waals surface area (Å²) < 4.78 is 2.28. The molecule has 1 N–H and O–H groups in total. The van der Waals surface area contributed by atoms with Crippen LogP contribution in [0.2, 0.25) is 0 Å². The van der Waals surface area contributed by atoms with Crippen molar-refractivity contribution >= 4 is 17.0 Å². The first-order chi connectivity index (χ1) is 10.1. The number of rotatable bonds is 5. The summed E-state index contributed by atoms with van der Waals surface area (Å²) in [5, 5.41) is 9.11. The van der Waals surface area contributed by atoms with E-state index in [0.29, 0.717) is 11.5 Å². The number of aromatic nitrogens is 2. The van der Waals surface area contributed by atoms with E-state index in [-0.39, 0.29) is 0 Å². The summed E-state index contributed by atoms with van der Waals surface area (Å²) in [4.78, 5) is 15.8. The molecule has 0 saturated heterocycles. The SMILES string of the molecule is CC(C)c1nc2cc(C(=O)O)ccc2n1CCC1CCC1. The van der Waals surface area contributed by atoms with Crippen molar-refractivity contribution in [3.63, 3.8) is 0 Å². The van der Waals surface area contributed by atoms with Crippen LogP contribution in [-0.4, -0.2) is 20.6 Å². The van der Waals surface area contributed by atoms with Crippen LogP contribution in [0.3, 0.4) is 0 Å². The van der Waals surface area contributed by atoms with Gasteiger partial charge >= 0.3 is 5.97 Å². The van der Waals surface area contributed by atoms with E-state index in [1.807, 2.05) is 6.07 Å². The van der Waals surface area contributed by atoms with Crippen LogP contribution in [-0.2, 0) is 6.54 Å². The Hall–Kier alpha value is -1.84. The molecule has 1 aliphatic carbocycles. The lowest BCUT2D eigenvalue weighted by molar-refractivity contribution is 0.0697. The summed E-state index contributed by atoms with van der Waals surface area (Å²) >= 11 is 0. The van der Waals surface area contributed by atoms with E-state index in [4.69, 9.17) is 5.11 Å². The Balaban J connectivity index is 1.97. The second-order valence-corrected chi connectivity index (χ2v) is 6.37. The number of aryl methyl sites for hydroxylation is 1. The maximum atomic E-state index is 11.1. The van der Waals surface area contributed by atoms with Gasteiger partial charge in [0.25, 0.3) is 0 Å². The van der Waals surface area contributed by atoms with Crippen molar-refractivity contribution in [2.45, 2.75) is 52.0 Å². The number of hydrogen-bond donors (Lipinski definition) is 1. The molecule has 1 heterocycles. The standard InChI is InChI=1S/C17H22N2O2/c1-11(2)16-18-14-10-13(17(20)21)6-7-15(14)19(16)9-8-12-4-3-5-12/h6-7,10-12H,3-5,8-9H2,1-2H3,(H,20,21). The molecule has 0 unspecified atom stereocenters. The zero-order valence-electron chi connectivity index (χ0n) is 12.7. The smallest absolute Gasteiger partial charge is 0.335 e. The Bertz CT molecular complexity index is 669. The Kier molecular flexibility index (Phi) is 3.70. The first-order valence-electron chi connectivity index (χ1n) is 7.79. The number of fused-ring (bicyclic) bond motifs is 1. The monoisotopic (exact) mass is 286 g/mol. The fraction of sp³-hybridized carbons (Fsp3) is 0.529. The highest BCUT2D eigenvalue weighted by Crippen LogP contribution is 2.31. The summed E-state index contributed by atoms with van der Waals surface area (Å²) in [6, 6.07) is 5.26. The maximum absolute atomic E-state index is 11.1. The van der Waals surface area contributed by atoms with Gasteiger partial charge in [0.1, 0.15) is 5.82 Å². The molecule has 0 amide bonds. The summed E-state index contributed by atoms with van der Waals surface area (Å²) in [5.74, 6) is 1.37. The molecule has 0 bridgehead atoms. The van der Waals surface area contributed by atoms with Crippen LogP contribution in [0, 0.1) is 5.92 Å². The van der Waals surface area contributed by atoms with E-state index in [9.17, 15) is 4.79 Å². The molecule has 112 valence electrons. The molecule has 1 aliphatic rings. The molecular formula is C17H22N2O2. The summed E-state index contributed by atoms with van der Waals surface area (Å²) in [6.07, 6.45) is 5.28. The molecule has 4 nitrogen and oxygen atoms in total. The minimum absolute atomic E-state index is 0.307. The lowest BCUT2D eigenvalue weighted by Gasteiger charge is -2.26. The van der Waals surface area contributed by atoms with Gasteiger partial charge in [0.15, 0.2) is 0 Å². The van der Waals surface area contributed by atoms with Gasteiger partial charge in [0.05, 0.1) is 16.6 Å². The van der Waals surface area contributed by atoms with Gasteiger partial charge in [-0.3, -0.25) is 0 Å². The van der Waals surface area contributed by atoms with Gasteiger partial charge in [-0.2, -0.15) is 0 Å². The number of benzene rings is 1. The maximum Gasteiger partial charge on any atom is 0.335 e. The van der Waals surface area contributed by atoms with Gasteiger partial charge in [0.2, 0.25) is 0 Å². The number of carbonyl (C=O) groups is 1. The molecule has 4 heteroatoms. The third kappa shape index (κ3) is 2.67. The highest BCUT2D eigenvalue weighted by molar-refractivity contribution is 5.92. The highest BCUT2D eigenvalue weighted by Gasteiger charge is 2.20. The summed E-state index contributed by atoms with van der Waals surface area (Å²) in [7, 11) is 0. The van der Waals surface area contributed by atoms with Crippen LogP contribution >= 0.6 is 0 Å². The average molecular weight is 286 g/mol. The summed E-state index contributed by atoms with van der Waals surface area (Å²) in [6.45, 7) is 5.26. The predicted molar refractivity (Wildman–Crippen MR) is 82.7 cm³/mol. The largest absolute Gasteiger partial charge is 0.478 e. The summed E-state index contributed by atoms with van der Waals surface area (Å²) in [5.41, 5.74) is 2.16. The molecule has 0 spiro atoms. The van der Waals surface area contributed by atoms with Crippen LogP contribution in [0.15, 0.2) is 18.2 Å². The van der Waals surface area contributed by atoms with E-state index < -0.39 is 5.97 Å². The molecule has 3 rings (SSSR count). The Morgan fingerprint density at radius 2 is 2.19 bits per heavy atom. The van der Waals surface area contributed by atoms with E-state index >= 15 is 0 Å². The fourth-order valence-electron chi connectivity index (χ4n) is 3.05. The van der Waals surface area contributed by atoms with Crippen molar-refractivity contribution in [1.82, 2.24) is 9.55 Å². The van der Waals surface area contributed by atoms with Crippen molar-refractivity contribution in [3.8, 4) is 0 Å². The zero-order chi connectivity index (χ0) is 15.0. The third-order valence-corrected chi connectivity index (χ3v) is 4.53. The van der Waals surface area contributed by atoms with Gasteiger partial charge in [-0.05, 0) is 30.5 Å². The molecular weight excluding hydrogens is 264 g/mol. The topological polar surface area (TPSA) is 55.1 Å². The first-order valence-corrected chi connectivity index (χ1v) is 7.79. The van der Waals surface area contributed by atoms with E-state index in [1.165, 1.54) is 25.7 Å². The molecule has 1 aromatic carbocycles. The van der Waals surface area contributed by atoms with E-state index in [0.717, 1.165) is 29.3 Å². The van der Waals surface area contributed by atoms with Crippen molar-refractivity contribution in [2.75, 3.05) is 0 Å². The molecule has 0 aliphatic heterocycles. The molecule has 0 atom stereocenters. The lowest BCUT2D eigenvalue weighted by Crippen LogP contribution is -2.15. The van der Waals surface area contributed by atoms with Crippen molar-refractivity contribution < 1.29 is 9.90 Å². The minimum Gasteiger partial charge on any atom is -0.478 e. The van der Waals surface area contributed by atoms with Crippen LogP contribution < -0.4 is 0 Å². The second-order valence-electron chi connectivity index (χ2n) is 6.37. The van der Waals surface area contributed by atoms with E-state index in [1.54, 1.807) is 12.1 Å². The number of hydrogen-bond acceptors (Lipinski definition) is 2. The number of carboxylic acids is 1. The molecule has 1 aromatic heterocycles. The number of nitrogens with zero attached hydrogens (tertiary/aromatic N) is 2. The molecule has 1 saturated carbocycles. The second kappa shape index (κ2) is 5.51. The van der Waals surface area contributed by atoms with Crippen LogP contribution in [0.1, 0.15) is 61.6 Å². The van der Waals surface area contributed by atoms with Crippen LogP contribution in [0.25, 0.3) is 11.0 Å². The van der Waals surface area contributed by atoms with Gasteiger partial charge in [0, 0.05) is 12.5 Å². The van der Waals surface area contributed by atoms with Gasteiger partial charge < -0.3 is 9.67 Å². The molecule has 1 fully saturated rings. The predicted octanol–water partition coefficient (Wildman–Crippen LogP) is 4.05. The Labute approximate surface area is 124 Å². The quantitative estimate of drug-likeness (QED) is 0.902. The van der Waals surface area contributed by atoms with Gasteiger partial charge in [-0.25, -0.2) is 9.78 Å². The zero-order valence-corrected chi connectivity index (χ0v) is 12.7. The minimum atomic E-state index is -0.896. The fourth-order valence-corrected chi connectivity index (χ4v) is 3.05. The van der Waals surface area contributed by atoms with Crippen molar-refractivity contribution in [1.29, 1.82) is 0 Å². The number of carboxylic acid groups (broad SMARTS) is 1. The third-order valence-electron chi connectivity index (χ3n) is 4.53. The van der Waals surface area contributed by atoms with Gasteiger partial charge in [-0.15, -0.1) is 0 Å². The Morgan fingerprint density at radius 1 is 1.43 bits per heavy atom. The molecule has 21 heavy (non-hydrogen) atoms. The normalized spacial score (nSPS) is 15.6. The van der Waals surface area contributed by atoms with Crippen molar-refractivity contribution in [3.05, 3.63) is 29.6 Å². The average Bonchev–Trinajstić information content (AvgIpc) is 2.75. The highest BCUT2D eigenvalue weighted by atomic mass is 16.4. The molecule has 2 aromatic rings. The Morgan fingerprint density at radius 3 is 2.76 bits per heavy atom. The van der Waals surface area contributed by atoms with Gasteiger partial charge in [-0.1, -0.05) is 33.1 Å². The van der Waals surface area contributed by atoms with E-state index in [2.05, 4.69) is 23.4 Å². The van der Waals surface area contributed by atoms with Crippen molar-refractivity contribution in [2.24, 2.45) is 5.92 Å². The number of aromatic carboxylic acids is 1. The van der Waals surface area contributed by atoms with Crippen LogP contribution in [0.4, 0.5) is 0 Å². The lowest BCUT2D eigenvalue weighted by atomic mass is 9.83. The first kappa shape index (κ1) is 14.1. The number of imidazole rings is 1. The van der Waals surface area contributed by atoms with Crippen LogP contribution in [0.5, 0.6) is 0 Å².